The van der Waals surface area contributed by atoms with Crippen LogP contribution in [0.2, 0.25) is 0 Å². The summed E-state index contributed by atoms with van der Waals surface area (Å²) in [4.78, 5) is 0. The Kier molecular flexibility index (Phi) is 6.97. The van der Waals surface area contributed by atoms with Crippen LogP contribution in [0.3, 0.4) is 0 Å². The van der Waals surface area contributed by atoms with Crippen LogP contribution in [-0.2, 0) is 4.74 Å². The number of ether oxygens (including phenoxy) is 1. The van der Waals surface area contributed by atoms with Crippen LogP contribution in [0.4, 0.5) is 0 Å². The first kappa shape index (κ1) is 18.7. The minimum Gasteiger partial charge on any atom is -0.375 e. The SMILES string of the molecule is C=C(CC(CC(C)(C)C)OC1CCCCC1)C(C)(C)CC. The summed E-state index contributed by atoms with van der Waals surface area (Å²) in [5.74, 6) is 0. The second kappa shape index (κ2) is 7.81. The van der Waals surface area contributed by atoms with Crippen LogP contribution >= 0.6 is 0 Å². The van der Waals surface area contributed by atoms with Crippen molar-refractivity contribution in [3.05, 3.63) is 12.2 Å². The first-order valence-electron chi connectivity index (χ1n) is 8.98. The summed E-state index contributed by atoms with van der Waals surface area (Å²) < 4.78 is 6.52. The Morgan fingerprint density at radius 2 is 1.67 bits per heavy atom. The highest BCUT2D eigenvalue weighted by Crippen LogP contribution is 2.36. The fourth-order valence-electron chi connectivity index (χ4n) is 3.13. The Labute approximate surface area is 133 Å². The van der Waals surface area contributed by atoms with Crippen LogP contribution < -0.4 is 0 Å². The van der Waals surface area contributed by atoms with E-state index in [1.54, 1.807) is 0 Å². The van der Waals surface area contributed by atoms with Crippen molar-refractivity contribution in [1.82, 2.24) is 0 Å². The predicted octanol–water partition coefficient (Wildman–Crippen LogP) is 6.52. The molecule has 1 unspecified atom stereocenters. The number of rotatable bonds is 7. The van der Waals surface area contributed by atoms with E-state index in [1.807, 2.05) is 0 Å². The highest BCUT2D eigenvalue weighted by Gasteiger charge is 2.28. The van der Waals surface area contributed by atoms with Gasteiger partial charge in [-0.2, -0.15) is 0 Å². The molecule has 0 heterocycles. The molecule has 0 radical (unpaired) electrons. The first-order chi connectivity index (χ1) is 9.64. The van der Waals surface area contributed by atoms with Crippen molar-refractivity contribution >= 4 is 0 Å². The molecule has 0 aromatic rings. The number of hydrogen-bond donors (Lipinski definition) is 0. The van der Waals surface area contributed by atoms with E-state index in [0.29, 0.717) is 17.6 Å². The third kappa shape index (κ3) is 7.00. The van der Waals surface area contributed by atoms with Gasteiger partial charge < -0.3 is 4.74 Å². The van der Waals surface area contributed by atoms with Gasteiger partial charge in [0.25, 0.3) is 0 Å². The van der Waals surface area contributed by atoms with Crippen molar-refractivity contribution in [2.45, 2.75) is 105 Å². The van der Waals surface area contributed by atoms with Crippen molar-refractivity contribution < 1.29 is 4.74 Å². The Bertz CT molecular complexity index is 315. The van der Waals surface area contributed by atoms with Gasteiger partial charge in [0, 0.05) is 0 Å². The van der Waals surface area contributed by atoms with E-state index in [1.165, 1.54) is 37.7 Å². The normalized spacial score (nSPS) is 19.5. The van der Waals surface area contributed by atoms with Gasteiger partial charge in [-0.25, -0.2) is 0 Å². The van der Waals surface area contributed by atoms with Crippen molar-refractivity contribution in [3.8, 4) is 0 Å². The van der Waals surface area contributed by atoms with Crippen LogP contribution in [0.5, 0.6) is 0 Å². The molecule has 0 aliphatic heterocycles. The van der Waals surface area contributed by atoms with E-state index >= 15 is 0 Å². The van der Waals surface area contributed by atoms with E-state index in [0.717, 1.165) is 19.3 Å². The summed E-state index contributed by atoms with van der Waals surface area (Å²) in [6.45, 7) is 18.2. The summed E-state index contributed by atoms with van der Waals surface area (Å²) in [5.41, 5.74) is 1.90. The molecule has 1 rings (SSSR count). The van der Waals surface area contributed by atoms with E-state index in [4.69, 9.17) is 4.74 Å². The van der Waals surface area contributed by atoms with Gasteiger partial charge >= 0.3 is 0 Å². The largest absolute Gasteiger partial charge is 0.375 e. The maximum Gasteiger partial charge on any atom is 0.0621 e. The zero-order valence-corrected chi connectivity index (χ0v) is 15.4. The lowest BCUT2D eigenvalue weighted by atomic mass is 9.78. The summed E-state index contributed by atoms with van der Waals surface area (Å²) in [6.07, 6.45) is 10.7. The molecule has 1 aliphatic rings. The first-order valence-corrected chi connectivity index (χ1v) is 8.98. The molecule has 0 bridgehead atoms. The topological polar surface area (TPSA) is 9.23 Å². The Balaban J connectivity index is 2.65. The third-order valence-corrected chi connectivity index (χ3v) is 5.09. The molecule has 1 heteroatoms. The quantitative estimate of drug-likeness (QED) is 0.485. The van der Waals surface area contributed by atoms with E-state index in [2.05, 4.69) is 48.1 Å². The molecule has 1 fully saturated rings. The van der Waals surface area contributed by atoms with Crippen molar-refractivity contribution in [3.63, 3.8) is 0 Å². The molecule has 0 amide bonds. The molecule has 0 aromatic carbocycles. The van der Waals surface area contributed by atoms with Gasteiger partial charge in [0.15, 0.2) is 0 Å². The fraction of sp³-hybridized carbons (Fsp3) is 0.900. The third-order valence-electron chi connectivity index (χ3n) is 5.09. The minimum atomic E-state index is 0.228. The van der Waals surface area contributed by atoms with Crippen LogP contribution in [0, 0.1) is 10.8 Å². The Morgan fingerprint density at radius 1 is 1.10 bits per heavy atom. The van der Waals surface area contributed by atoms with E-state index in [-0.39, 0.29) is 5.41 Å². The predicted molar refractivity (Wildman–Crippen MR) is 93.6 cm³/mol. The summed E-state index contributed by atoms with van der Waals surface area (Å²) in [5, 5.41) is 0. The van der Waals surface area contributed by atoms with Crippen LogP contribution in [0.25, 0.3) is 0 Å². The monoisotopic (exact) mass is 294 g/mol. The molecule has 0 spiro atoms. The van der Waals surface area contributed by atoms with Gasteiger partial charge in [0.1, 0.15) is 0 Å². The lowest BCUT2D eigenvalue weighted by molar-refractivity contribution is -0.0470. The summed E-state index contributed by atoms with van der Waals surface area (Å²) in [7, 11) is 0. The van der Waals surface area contributed by atoms with Crippen LogP contribution in [-0.4, -0.2) is 12.2 Å². The highest BCUT2D eigenvalue weighted by atomic mass is 16.5. The summed E-state index contributed by atoms with van der Waals surface area (Å²) >= 11 is 0. The van der Waals surface area contributed by atoms with Gasteiger partial charge in [-0.1, -0.05) is 73.0 Å². The molecule has 1 saturated carbocycles. The van der Waals surface area contributed by atoms with Crippen LogP contribution in [0.15, 0.2) is 12.2 Å². The number of hydrogen-bond acceptors (Lipinski definition) is 1. The van der Waals surface area contributed by atoms with E-state index in [9.17, 15) is 0 Å². The summed E-state index contributed by atoms with van der Waals surface area (Å²) in [6, 6.07) is 0. The van der Waals surface area contributed by atoms with Gasteiger partial charge in [-0.3, -0.25) is 0 Å². The minimum absolute atomic E-state index is 0.228. The standard InChI is InChI=1S/C20H38O/c1-8-20(6,7)16(2)14-18(15-19(3,4)5)21-17-12-10-9-11-13-17/h17-18H,2,8-15H2,1,3-7H3. The zero-order valence-electron chi connectivity index (χ0n) is 15.4. The Morgan fingerprint density at radius 3 is 2.14 bits per heavy atom. The van der Waals surface area contributed by atoms with Gasteiger partial charge in [0.2, 0.25) is 0 Å². The fourth-order valence-corrected chi connectivity index (χ4v) is 3.13. The van der Waals surface area contributed by atoms with Gasteiger partial charge in [-0.05, 0) is 42.9 Å². The maximum atomic E-state index is 6.52. The Hall–Kier alpha value is -0.300. The molecule has 21 heavy (non-hydrogen) atoms. The molecule has 124 valence electrons. The molecule has 1 nitrogen and oxygen atoms in total. The lowest BCUT2D eigenvalue weighted by Crippen LogP contribution is -2.30. The molecular weight excluding hydrogens is 256 g/mol. The molecule has 0 saturated heterocycles. The van der Waals surface area contributed by atoms with Gasteiger partial charge in [-0.15, -0.1) is 0 Å². The average Bonchev–Trinajstić information content (AvgIpc) is 2.37. The van der Waals surface area contributed by atoms with E-state index < -0.39 is 0 Å². The molecule has 0 aromatic heterocycles. The van der Waals surface area contributed by atoms with Crippen molar-refractivity contribution in [2.75, 3.05) is 0 Å². The lowest BCUT2D eigenvalue weighted by Gasteiger charge is -2.35. The molecular formula is C20H38O. The average molecular weight is 295 g/mol. The second-order valence-electron chi connectivity index (χ2n) is 8.83. The van der Waals surface area contributed by atoms with Gasteiger partial charge in [0.05, 0.1) is 12.2 Å². The molecule has 1 aliphatic carbocycles. The van der Waals surface area contributed by atoms with Crippen LogP contribution in [0.1, 0.15) is 92.9 Å². The highest BCUT2D eigenvalue weighted by molar-refractivity contribution is 5.08. The second-order valence-corrected chi connectivity index (χ2v) is 8.83. The smallest absolute Gasteiger partial charge is 0.0621 e. The van der Waals surface area contributed by atoms with Crippen molar-refractivity contribution in [2.24, 2.45) is 10.8 Å². The zero-order chi connectivity index (χ0) is 16.1. The van der Waals surface area contributed by atoms with Crippen molar-refractivity contribution in [1.29, 1.82) is 0 Å². The molecule has 1 atom stereocenters. The maximum absolute atomic E-state index is 6.52. The molecule has 0 N–H and O–H groups in total.